The van der Waals surface area contributed by atoms with Crippen molar-refractivity contribution in [1.29, 1.82) is 0 Å². The molecule has 3 amide bonds. The molecule has 2 aliphatic rings. The number of benzene rings is 2. The Kier molecular flexibility index (Phi) is 4.76. The van der Waals surface area contributed by atoms with E-state index in [2.05, 4.69) is 15.7 Å². The Hall–Kier alpha value is -3.69. The highest BCUT2D eigenvalue weighted by molar-refractivity contribution is 6.25. The van der Waals surface area contributed by atoms with Crippen molar-refractivity contribution in [3.8, 4) is 0 Å². The van der Waals surface area contributed by atoms with Crippen LogP contribution < -0.4 is 10.2 Å². The van der Waals surface area contributed by atoms with Crippen molar-refractivity contribution < 1.29 is 23.2 Å². The predicted octanol–water partition coefficient (Wildman–Crippen LogP) is 2.51. The molecule has 0 bridgehead atoms. The molecule has 30 heavy (non-hydrogen) atoms. The number of nitrogens with one attached hydrogen (secondary N) is 1. The smallest absolute Gasteiger partial charge is 0.263 e. The summed E-state index contributed by atoms with van der Waals surface area (Å²) >= 11 is 0. The summed E-state index contributed by atoms with van der Waals surface area (Å²) in [4.78, 5) is 39.0. The number of halogens is 2. The topological polar surface area (TPSA) is 94.4 Å². The summed E-state index contributed by atoms with van der Waals surface area (Å²) in [5.74, 6) is -3.46. The highest BCUT2D eigenvalue weighted by atomic mass is 19.1. The Morgan fingerprint density at radius 3 is 2.53 bits per heavy atom. The lowest BCUT2D eigenvalue weighted by Gasteiger charge is -2.20. The monoisotopic (exact) mass is 413 g/mol. The lowest BCUT2D eigenvalue weighted by Crippen LogP contribution is -2.43. The van der Waals surface area contributed by atoms with Gasteiger partial charge in [0.2, 0.25) is 5.91 Å². The lowest BCUT2D eigenvalue weighted by atomic mass is 10.1. The van der Waals surface area contributed by atoms with Crippen LogP contribution >= 0.6 is 0 Å². The van der Waals surface area contributed by atoms with Crippen molar-refractivity contribution in [2.45, 2.75) is 25.9 Å². The Bertz CT molecular complexity index is 1100. The third kappa shape index (κ3) is 3.30. The lowest BCUT2D eigenvalue weighted by molar-refractivity contribution is -0.123. The third-order valence-electron chi connectivity index (χ3n) is 5.12. The van der Waals surface area contributed by atoms with Gasteiger partial charge in [-0.25, -0.2) is 13.7 Å². The zero-order chi connectivity index (χ0) is 21.6. The first-order valence-corrected chi connectivity index (χ1v) is 9.13. The van der Waals surface area contributed by atoms with Gasteiger partial charge in [-0.1, -0.05) is 11.3 Å². The van der Waals surface area contributed by atoms with E-state index in [1.54, 1.807) is 12.1 Å². The molecule has 154 valence electrons. The average molecular weight is 413 g/mol. The van der Waals surface area contributed by atoms with Crippen LogP contribution in [0.1, 0.15) is 11.1 Å². The summed E-state index contributed by atoms with van der Waals surface area (Å²) in [5.41, 5.74) is 2.16. The van der Waals surface area contributed by atoms with E-state index in [1.807, 2.05) is 19.9 Å². The van der Waals surface area contributed by atoms with E-state index in [0.717, 1.165) is 33.2 Å². The maximum absolute atomic E-state index is 13.7. The van der Waals surface area contributed by atoms with E-state index in [1.165, 1.54) is 0 Å². The van der Waals surface area contributed by atoms with Crippen LogP contribution in [0.2, 0.25) is 0 Å². The predicted molar refractivity (Wildman–Crippen MR) is 103 cm³/mol. The SMILES string of the molecule is Cc1ccc(N2C(=O)[C@@H]3N=NN(CC(=O)Nc4ccc(F)cc4F)[C@H]3C2=O)cc1C. The molecule has 2 atom stereocenters. The van der Waals surface area contributed by atoms with Crippen LogP contribution in [0.3, 0.4) is 0 Å². The molecule has 0 radical (unpaired) electrons. The van der Waals surface area contributed by atoms with Crippen molar-refractivity contribution in [2.24, 2.45) is 10.3 Å². The quantitative estimate of drug-likeness (QED) is 0.780. The Labute approximate surface area is 170 Å². The number of imide groups is 1. The van der Waals surface area contributed by atoms with Crippen molar-refractivity contribution >= 4 is 29.1 Å². The second-order valence-corrected chi connectivity index (χ2v) is 7.14. The van der Waals surface area contributed by atoms with Crippen LogP contribution in [-0.2, 0) is 14.4 Å². The van der Waals surface area contributed by atoms with Crippen LogP contribution in [0.25, 0.3) is 0 Å². The number of carbonyl (C=O) groups excluding carboxylic acids is 3. The molecule has 8 nitrogen and oxygen atoms in total. The maximum atomic E-state index is 13.7. The van der Waals surface area contributed by atoms with Gasteiger partial charge in [0.25, 0.3) is 11.8 Å². The number of hydrogen-bond acceptors (Lipinski definition) is 6. The van der Waals surface area contributed by atoms with Gasteiger partial charge in [0.15, 0.2) is 12.1 Å². The highest BCUT2D eigenvalue weighted by Gasteiger charge is 2.55. The van der Waals surface area contributed by atoms with Gasteiger partial charge in [-0.3, -0.25) is 19.4 Å². The molecule has 0 aromatic heterocycles. The van der Waals surface area contributed by atoms with Crippen LogP contribution in [0, 0.1) is 25.5 Å². The molecule has 2 aromatic rings. The molecule has 0 saturated carbocycles. The van der Waals surface area contributed by atoms with Crippen LogP contribution in [-0.4, -0.2) is 41.4 Å². The number of rotatable bonds is 4. The van der Waals surface area contributed by atoms with E-state index in [0.29, 0.717) is 11.8 Å². The number of aryl methyl sites for hydroxylation is 2. The normalized spacial score (nSPS) is 20.1. The van der Waals surface area contributed by atoms with Gasteiger partial charge in [-0.2, -0.15) is 5.11 Å². The number of carbonyl (C=O) groups is 3. The number of amides is 3. The first-order valence-electron chi connectivity index (χ1n) is 9.13. The van der Waals surface area contributed by atoms with Gasteiger partial charge < -0.3 is 5.32 Å². The zero-order valence-electron chi connectivity index (χ0n) is 16.1. The fourth-order valence-corrected chi connectivity index (χ4v) is 3.40. The minimum Gasteiger partial charge on any atom is -0.322 e. The molecule has 1 fully saturated rings. The van der Waals surface area contributed by atoms with E-state index >= 15 is 0 Å². The summed E-state index contributed by atoms with van der Waals surface area (Å²) in [5, 5.41) is 11.0. The van der Waals surface area contributed by atoms with Crippen molar-refractivity contribution in [3.05, 3.63) is 59.2 Å². The third-order valence-corrected chi connectivity index (χ3v) is 5.12. The van der Waals surface area contributed by atoms with Crippen LogP contribution in [0.15, 0.2) is 46.7 Å². The molecule has 4 rings (SSSR count). The first kappa shape index (κ1) is 19.6. The van der Waals surface area contributed by atoms with Gasteiger partial charge >= 0.3 is 0 Å². The molecule has 1 saturated heterocycles. The fraction of sp³-hybridized carbons (Fsp3) is 0.250. The van der Waals surface area contributed by atoms with Gasteiger partial charge in [-0.05, 0) is 49.2 Å². The van der Waals surface area contributed by atoms with Gasteiger partial charge in [-0.15, -0.1) is 0 Å². The first-order chi connectivity index (χ1) is 14.3. The summed E-state index contributed by atoms with van der Waals surface area (Å²) in [7, 11) is 0. The molecule has 2 aromatic carbocycles. The molecular formula is C20H17F2N5O3. The molecule has 1 N–H and O–H groups in total. The number of nitrogens with zero attached hydrogens (tertiary/aromatic N) is 4. The molecule has 2 heterocycles. The average Bonchev–Trinajstić information content (AvgIpc) is 3.20. The van der Waals surface area contributed by atoms with Crippen molar-refractivity contribution in [3.63, 3.8) is 0 Å². The van der Waals surface area contributed by atoms with E-state index in [-0.39, 0.29) is 5.69 Å². The van der Waals surface area contributed by atoms with Gasteiger partial charge in [0.05, 0.1) is 11.4 Å². The number of fused-ring (bicyclic) bond motifs is 1. The summed E-state index contributed by atoms with van der Waals surface area (Å²) in [6.45, 7) is 3.36. The molecule has 0 aliphatic carbocycles. The standard InChI is InChI=1S/C20H17F2N5O3/c1-10-3-5-13(7-11(10)2)27-19(29)17-18(20(27)30)26(25-24-17)9-16(28)23-15-6-4-12(21)8-14(15)22/h3-8,17-18H,9H2,1-2H3,(H,23,28)/t17-,18-/m1/s1. The Balaban J connectivity index is 1.50. The fourth-order valence-electron chi connectivity index (χ4n) is 3.40. The number of anilines is 2. The molecule has 0 unspecified atom stereocenters. The minimum absolute atomic E-state index is 0.209. The zero-order valence-corrected chi connectivity index (χ0v) is 16.1. The van der Waals surface area contributed by atoms with Crippen LogP contribution in [0.4, 0.5) is 20.2 Å². The van der Waals surface area contributed by atoms with Crippen LogP contribution in [0.5, 0.6) is 0 Å². The summed E-state index contributed by atoms with van der Waals surface area (Å²) in [6, 6.07) is 5.85. The molecular weight excluding hydrogens is 396 g/mol. The highest BCUT2D eigenvalue weighted by Crippen LogP contribution is 2.32. The van der Waals surface area contributed by atoms with E-state index in [9.17, 15) is 23.2 Å². The molecule has 2 aliphatic heterocycles. The van der Waals surface area contributed by atoms with E-state index < -0.39 is 48.0 Å². The Morgan fingerprint density at radius 1 is 1.07 bits per heavy atom. The molecule has 0 spiro atoms. The van der Waals surface area contributed by atoms with Crippen molar-refractivity contribution in [2.75, 3.05) is 16.8 Å². The number of hydrogen-bond donors (Lipinski definition) is 1. The summed E-state index contributed by atoms with van der Waals surface area (Å²) < 4.78 is 26.7. The van der Waals surface area contributed by atoms with E-state index in [4.69, 9.17) is 0 Å². The molecule has 10 heteroatoms. The van der Waals surface area contributed by atoms with Gasteiger partial charge in [0, 0.05) is 6.07 Å². The Morgan fingerprint density at radius 2 is 1.83 bits per heavy atom. The van der Waals surface area contributed by atoms with Gasteiger partial charge in [0.1, 0.15) is 18.2 Å². The maximum Gasteiger partial charge on any atom is 0.263 e. The van der Waals surface area contributed by atoms with Crippen molar-refractivity contribution in [1.82, 2.24) is 5.01 Å². The second-order valence-electron chi connectivity index (χ2n) is 7.14. The second kappa shape index (κ2) is 7.29. The largest absolute Gasteiger partial charge is 0.322 e. The minimum atomic E-state index is -1.05. The summed E-state index contributed by atoms with van der Waals surface area (Å²) in [6.07, 6.45) is 0.